The SMILES string of the molecule is CCCCOC(=O)NCCCC(NC(=O)OCCCC)C(=O)O. The largest absolute Gasteiger partial charge is 0.480 e. The number of rotatable bonds is 12. The normalized spacial score (nSPS) is 11.4. The fourth-order valence-corrected chi connectivity index (χ4v) is 1.61. The summed E-state index contributed by atoms with van der Waals surface area (Å²) in [6.45, 7) is 4.86. The van der Waals surface area contributed by atoms with Gasteiger partial charge >= 0.3 is 18.2 Å². The molecule has 0 spiro atoms. The molecule has 23 heavy (non-hydrogen) atoms. The Labute approximate surface area is 136 Å². The van der Waals surface area contributed by atoms with Gasteiger partial charge in [0.1, 0.15) is 6.04 Å². The van der Waals surface area contributed by atoms with E-state index in [0.29, 0.717) is 13.0 Å². The van der Waals surface area contributed by atoms with Gasteiger partial charge in [0.15, 0.2) is 0 Å². The van der Waals surface area contributed by atoms with Crippen LogP contribution in [-0.2, 0) is 14.3 Å². The summed E-state index contributed by atoms with van der Waals surface area (Å²) in [6, 6.07) is -1.04. The van der Waals surface area contributed by atoms with Gasteiger partial charge in [-0.15, -0.1) is 0 Å². The molecule has 0 aliphatic heterocycles. The van der Waals surface area contributed by atoms with Crippen LogP contribution in [0.25, 0.3) is 0 Å². The average Bonchev–Trinajstić information content (AvgIpc) is 2.50. The van der Waals surface area contributed by atoms with Gasteiger partial charge in [0, 0.05) is 6.54 Å². The summed E-state index contributed by atoms with van der Waals surface area (Å²) >= 11 is 0. The maximum Gasteiger partial charge on any atom is 0.407 e. The van der Waals surface area contributed by atoms with Crippen molar-refractivity contribution in [2.24, 2.45) is 0 Å². The van der Waals surface area contributed by atoms with Crippen molar-refractivity contribution in [1.82, 2.24) is 10.6 Å². The van der Waals surface area contributed by atoms with Crippen LogP contribution in [0.4, 0.5) is 9.59 Å². The molecule has 8 heteroatoms. The molecule has 0 aliphatic carbocycles. The lowest BCUT2D eigenvalue weighted by Crippen LogP contribution is -2.41. The average molecular weight is 332 g/mol. The smallest absolute Gasteiger partial charge is 0.407 e. The van der Waals surface area contributed by atoms with E-state index in [-0.39, 0.29) is 19.6 Å². The lowest BCUT2D eigenvalue weighted by Gasteiger charge is -2.14. The number of nitrogens with one attached hydrogen (secondary N) is 2. The van der Waals surface area contributed by atoms with Gasteiger partial charge in [-0.25, -0.2) is 14.4 Å². The number of aliphatic carboxylic acids is 1. The van der Waals surface area contributed by atoms with Crippen molar-refractivity contribution in [3.05, 3.63) is 0 Å². The minimum absolute atomic E-state index is 0.188. The zero-order valence-electron chi connectivity index (χ0n) is 13.9. The molecule has 0 bridgehead atoms. The quantitative estimate of drug-likeness (QED) is 0.472. The summed E-state index contributed by atoms with van der Waals surface area (Å²) in [5.74, 6) is -1.14. The molecule has 0 fully saturated rings. The molecule has 8 nitrogen and oxygen atoms in total. The number of hydrogen-bond acceptors (Lipinski definition) is 5. The predicted octanol–water partition coefficient (Wildman–Crippen LogP) is 2.27. The van der Waals surface area contributed by atoms with Crippen molar-refractivity contribution in [3.63, 3.8) is 0 Å². The molecule has 0 heterocycles. The first-order valence-electron chi connectivity index (χ1n) is 8.07. The fraction of sp³-hybridized carbons (Fsp3) is 0.800. The molecule has 0 saturated heterocycles. The number of carbonyl (C=O) groups excluding carboxylic acids is 2. The van der Waals surface area contributed by atoms with Gasteiger partial charge in [-0.3, -0.25) is 0 Å². The van der Waals surface area contributed by atoms with Gasteiger partial charge in [0.25, 0.3) is 0 Å². The van der Waals surface area contributed by atoms with Crippen LogP contribution < -0.4 is 10.6 Å². The van der Waals surface area contributed by atoms with Crippen LogP contribution in [0.2, 0.25) is 0 Å². The lowest BCUT2D eigenvalue weighted by atomic mass is 10.1. The van der Waals surface area contributed by atoms with Crippen LogP contribution in [0, 0.1) is 0 Å². The fourth-order valence-electron chi connectivity index (χ4n) is 1.61. The topological polar surface area (TPSA) is 114 Å². The highest BCUT2D eigenvalue weighted by atomic mass is 16.6. The number of amides is 2. The maximum atomic E-state index is 11.4. The Balaban J connectivity index is 3.90. The van der Waals surface area contributed by atoms with E-state index in [4.69, 9.17) is 14.6 Å². The summed E-state index contributed by atoms with van der Waals surface area (Å²) in [7, 11) is 0. The highest BCUT2D eigenvalue weighted by molar-refractivity contribution is 5.79. The van der Waals surface area contributed by atoms with Crippen LogP contribution >= 0.6 is 0 Å². The second-order valence-electron chi connectivity index (χ2n) is 5.08. The molecular formula is C15H28N2O6. The third-order valence-electron chi connectivity index (χ3n) is 2.99. The number of ether oxygens (including phenoxy) is 2. The van der Waals surface area contributed by atoms with E-state index in [1.165, 1.54) is 0 Å². The zero-order valence-corrected chi connectivity index (χ0v) is 13.9. The van der Waals surface area contributed by atoms with Gasteiger partial charge in [-0.1, -0.05) is 26.7 Å². The van der Waals surface area contributed by atoms with Crippen molar-refractivity contribution in [1.29, 1.82) is 0 Å². The van der Waals surface area contributed by atoms with Crippen molar-refractivity contribution in [3.8, 4) is 0 Å². The van der Waals surface area contributed by atoms with Crippen molar-refractivity contribution in [2.45, 2.75) is 58.4 Å². The molecular weight excluding hydrogens is 304 g/mol. The summed E-state index contributed by atoms with van der Waals surface area (Å²) in [5, 5.41) is 13.9. The molecule has 1 unspecified atom stereocenters. The second kappa shape index (κ2) is 13.7. The molecule has 1 atom stereocenters. The Morgan fingerprint density at radius 3 is 2.04 bits per heavy atom. The Morgan fingerprint density at radius 2 is 1.52 bits per heavy atom. The number of hydrogen-bond donors (Lipinski definition) is 3. The number of carboxylic acids is 1. The summed E-state index contributed by atoms with van der Waals surface area (Å²) in [5.41, 5.74) is 0. The summed E-state index contributed by atoms with van der Waals surface area (Å²) in [6.07, 6.45) is 2.69. The van der Waals surface area contributed by atoms with Crippen LogP contribution in [0.15, 0.2) is 0 Å². The molecule has 0 radical (unpaired) electrons. The van der Waals surface area contributed by atoms with Crippen molar-refractivity contribution < 1.29 is 29.0 Å². The Bertz CT molecular complexity index is 362. The molecule has 2 amide bonds. The van der Waals surface area contributed by atoms with Gasteiger partial charge < -0.3 is 25.2 Å². The standard InChI is InChI=1S/C15H28N2O6/c1-3-5-10-22-14(20)16-9-7-8-12(13(18)19)17-15(21)23-11-6-4-2/h12H,3-11H2,1-2H3,(H,16,20)(H,17,21)(H,18,19). The molecule has 0 aliphatic rings. The third-order valence-corrected chi connectivity index (χ3v) is 2.99. The van der Waals surface area contributed by atoms with E-state index in [9.17, 15) is 14.4 Å². The van der Waals surface area contributed by atoms with Crippen molar-refractivity contribution in [2.75, 3.05) is 19.8 Å². The molecule has 0 rings (SSSR count). The Morgan fingerprint density at radius 1 is 0.957 bits per heavy atom. The van der Waals surface area contributed by atoms with E-state index >= 15 is 0 Å². The highest BCUT2D eigenvalue weighted by Crippen LogP contribution is 1.99. The van der Waals surface area contributed by atoms with Crippen LogP contribution in [-0.4, -0.2) is 49.1 Å². The maximum absolute atomic E-state index is 11.4. The highest BCUT2D eigenvalue weighted by Gasteiger charge is 2.20. The van der Waals surface area contributed by atoms with Gasteiger partial charge in [-0.2, -0.15) is 0 Å². The zero-order chi connectivity index (χ0) is 17.5. The number of carbonyl (C=O) groups is 3. The Hall–Kier alpha value is -1.99. The van der Waals surface area contributed by atoms with E-state index in [2.05, 4.69) is 10.6 Å². The lowest BCUT2D eigenvalue weighted by molar-refractivity contribution is -0.139. The molecule has 0 aromatic rings. The summed E-state index contributed by atoms with van der Waals surface area (Å²) < 4.78 is 9.76. The first-order valence-corrected chi connectivity index (χ1v) is 8.07. The molecule has 0 aromatic heterocycles. The van der Waals surface area contributed by atoms with E-state index in [1.807, 2.05) is 13.8 Å². The number of carboxylic acid groups (broad SMARTS) is 1. The van der Waals surface area contributed by atoms with Gasteiger partial charge in [0.2, 0.25) is 0 Å². The summed E-state index contributed by atoms with van der Waals surface area (Å²) in [4.78, 5) is 33.8. The monoisotopic (exact) mass is 332 g/mol. The first kappa shape index (κ1) is 21.0. The Kier molecular flexibility index (Phi) is 12.5. The minimum Gasteiger partial charge on any atom is -0.480 e. The van der Waals surface area contributed by atoms with E-state index < -0.39 is 24.2 Å². The number of unbranched alkanes of at least 4 members (excludes halogenated alkanes) is 2. The first-order chi connectivity index (χ1) is 11.0. The van der Waals surface area contributed by atoms with Gasteiger partial charge in [-0.05, 0) is 25.7 Å². The van der Waals surface area contributed by atoms with Gasteiger partial charge in [0.05, 0.1) is 13.2 Å². The molecule has 0 saturated carbocycles. The third kappa shape index (κ3) is 12.3. The van der Waals surface area contributed by atoms with Crippen molar-refractivity contribution >= 4 is 18.2 Å². The number of alkyl carbamates (subject to hydrolysis) is 2. The molecule has 134 valence electrons. The predicted molar refractivity (Wildman–Crippen MR) is 84.3 cm³/mol. The van der Waals surface area contributed by atoms with E-state index in [0.717, 1.165) is 25.7 Å². The van der Waals surface area contributed by atoms with E-state index in [1.54, 1.807) is 0 Å². The molecule has 0 aromatic carbocycles. The molecule has 3 N–H and O–H groups in total. The second-order valence-corrected chi connectivity index (χ2v) is 5.08. The van der Waals surface area contributed by atoms with Crippen LogP contribution in [0.3, 0.4) is 0 Å². The van der Waals surface area contributed by atoms with Crippen LogP contribution in [0.1, 0.15) is 52.4 Å². The minimum atomic E-state index is -1.14. The van der Waals surface area contributed by atoms with Crippen LogP contribution in [0.5, 0.6) is 0 Å².